The number of hydrogen-bond acceptors (Lipinski definition) is 4. The average molecular weight is 251 g/mol. The molecule has 1 rings (SSSR count). The Kier molecular flexibility index (Phi) is 5.49. The Morgan fingerprint density at radius 3 is 2.67 bits per heavy atom. The topological polar surface area (TPSA) is 47.6 Å². The van der Waals surface area contributed by atoms with E-state index >= 15 is 0 Å². The molecule has 0 amide bonds. The van der Waals surface area contributed by atoms with E-state index in [1.54, 1.807) is 14.0 Å². The minimum Gasteiger partial charge on any atom is -0.495 e. The van der Waals surface area contributed by atoms with Crippen molar-refractivity contribution in [1.29, 1.82) is 0 Å². The molecule has 1 N–H and O–H groups in total. The Balaban J connectivity index is 2.73. The highest BCUT2D eigenvalue weighted by molar-refractivity contribution is 5.76. The zero-order chi connectivity index (χ0) is 13.5. The van der Waals surface area contributed by atoms with E-state index in [-0.39, 0.29) is 12.5 Å². The first kappa shape index (κ1) is 14.4. The van der Waals surface area contributed by atoms with Gasteiger partial charge in [-0.2, -0.15) is 0 Å². The van der Waals surface area contributed by atoms with Gasteiger partial charge in [-0.3, -0.25) is 4.79 Å². The lowest BCUT2D eigenvalue weighted by molar-refractivity contribution is -0.140. The summed E-state index contributed by atoms with van der Waals surface area (Å²) in [5.41, 5.74) is 2.00. The summed E-state index contributed by atoms with van der Waals surface area (Å²) < 4.78 is 10.2. The fourth-order valence-electron chi connectivity index (χ4n) is 1.59. The Morgan fingerprint density at radius 1 is 1.39 bits per heavy atom. The molecule has 0 aliphatic rings. The molecule has 1 aromatic rings. The lowest BCUT2D eigenvalue weighted by Crippen LogP contribution is -2.17. The maximum absolute atomic E-state index is 11.3. The smallest absolute Gasteiger partial charge is 0.325 e. The third-order valence-corrected chi connectivity index (χ3v) is 2.62. The number of esters is 1. The van der Waals surface area contributed by atoms with Crippen LogP contribution < -0.4 is 10.1 Å². The average Bonchev–Trinajstić information content (AvgIpc) is 2.36. The number of methoxy groups -OCH3 is 1. The van der Waals surface area contributed by atoms with Crippen LogP contribution in [0.15, 0.2) is 18.2 Å². The van der Waals surface area contributed by atoms with Crippen molar-refractivity contribution in [2.75, 3.05) is 25.6 Å². The summed E-state index contributed by atoms with van der Waals surface area (Å²) in [7, 11) is 1.62. The molecule has 0 fully saturated rings. The molecule has 1 aromatic carbocycles. The van der Waals surface area contributed by atoms with Crippen LogP contribution in [0.25, 0.3) is 0 Å². The molecular formula is C14H21NO3. The van der Waals surface area contributed by atoms with Crippen molar-refractivity contribution in [3.05, 3.63) is 23.8 Å². The predicted octanol–water partition coefficient (Wildman–Crippen LogP) is 2.79. The number of nitrogens with one attached hydrogen (secondary N) is 1. The Hall–Kier alpha value is -1.71. The van der Waals surface area contributed by atoms with E-state index in [2.05, 4.69) is 19.2 Å². The molecule has 0 aliphatic heterocycles. The number of carbonyl (C=O) groups excluding carboxylic acids is 1. The van der Waals surface area contributed by atoms with Gasteiger partial charge >= 0.3 is 5.97 Å². The molecule has 4 heteroatoms. The lowest BCUT2D eigenvalue weighted by Gasteiger charge is -2.13. The number of carbonyl (C=O) groups is 1. The van der Waals surface area contributed by atoms with Gasteiger partial charge in [0.25, 0.3) is 0 Å². The van der Waals surface area contributed by atoms with Crippen molar-refractivity contribution in [1.82, 2.24) is 0 Å². The number of hydrogen-bond donors (Lipinski definition) is 1. The fourth-order valence-corrected chi connectivity index (χ4v) is 1.59. The zero-order valence-electron chi connectivity index (χ0n) is 11.4. The molecule has 0 aromatic heterocycles. The maximum atomic E-state index is 11.3. The SMILES string of the molecule is CCOC(=O)CNc1ccc(C(C)C)cc1OC. The van der Waals surface area contributed by atoms with E-state index < -0.39 is 0 Å². The van der Waals surface area contributed by atoms with E-state index in [1.165, 1.54) is 5.56 Å². The number of anilines is 1. The lowest BCUT2D eigenvalue weighted by atomic mass is 10.0. The van der Waals surface area contributed by atoms with Crippen LogP contribution in [0.4, 0.5) is 5.69 Å². The van der Waals surface area contributed by atoms with Crippen molar-refractivity contribution >= 4 is 11.7 Å². The Bertz CT molecular complexity index is 402. The van der Waals surface area contributed by atoms with Gasteiger partial charge in [0.1, 0.15) is 12.3 Å². The minimum absolute atomic E-state index is 0.144. The first-order chi connectivity index (χ1) is 8.58. The molecule has 18 heavy (non-hydrogen) atoms. The van der Waals surface area contributed by atoms with Crippen LogP contribution in [0.2, 0.25) is 0 Å². The van der Waals surface area contributed by atoms with Crippen molar-refractivity contribution in [2.45, 2.75) is 26.7 Å². The van der Waals surface area contributed by atoms with Crippen LogP contribution in [0.3, 0.4) is 0 Å². The molecule has 0 heterocycles. The molecule has 4 nitrogen and oxygen atoms in total. The molecule has 0 saturated carbocycles. The molecule has 0 radical (unpaired) electrons. The molecule has 0 atom stereocenters. The van der Waals surface area contributed by atoms with Gasteiger partial charge in [0.2, 0.25) is 0 Å². The number of rotatable bonds is 6. The molecule has 0 spiro atoms. The van der Waals surface area contributed by atoms with Gasteiger partial charge in [0, 0.05) is 0 Å². The normalized spacial score (nSPS) is 10.3. The van der Waals surface area contributed by atoms with Gasteiger partial charge < -0.3 is 14.8 Å². The summed E-state index contributed by atoms with van der Waals surface area (Å²) in [5, 5.41) is 3.02. The highest BCUT2D eigenvalue weighted by Gasteiger charge is 2.08. The van der Waals surface area contributed by atoms with E-state index in [0.717, 1.165) is 11.4 Å². The van der Waals surface area contributed by atoms with E-state index in [1.807, 2.05) is 18.2 Å². The van der Waals surface area contributed by atoms with Gasteiger partial charge in [0.15, 0.2) is 0 Å². The first-order valence-electron chi connectivity index (χ1n) is 6.15. The molecule has 0 bridgehead atoms. The Morgan fingerprint density at radius 2 is 2.11 bits per heavy atom. The summed E-state index contributed by atoms with van der Waals surface area (Å²) in [6, 6.07) is 5.94. The van der Waals surface area contributed by atoms with Crippen molar-refractivity contribution in [3.8, 4) is 5.75 Å². The molecule has 100 valence electrons. The van der Waals surface area contributed by atoms with Gasteiger partial charge in [-0.25, -0.2) is 0 Å². The summed E-state index contributed by atoms with van der Waals surface area (Å²) in [6.07, 6.45) is 0. The van der Waals surface area contributed by atoms with Crippen molar-refractivity contribution in [3.63, 3.8) is 0 Å². The monoisotopic (exact) mass is 251 g/mol. The summed E-state index contributed by atoms with van der Waals surface area (Å²) in [4.78, 5) is 11.3. The van der Waals surface area contributed by atoms with E-state index in [4.69, 9.17) is 9.47 Å². The quantitative estimate of drug-likeness (QED) is 0.790. The predicted molar refractivity (Wildman–Crippen MR) is 72.2 cm³/mol. The first-order valence-corrected chi connectivity index (χ1v) is 6.15. The minimum atomic E-state index is -0.271. The maximum Gasteiger partial charge on any atom is 0.325 e. The van der Waals surface area contributed by atoms with Gasteiger partial charge in [-0.1, -0.05) is 19.9 Å². The Labute approximate surface area is 108 Å². The fraction of sp³-hybridized carbons (Fsp3) is 0.500. The summed E-state index contributed by atoms with van der Waals surface area (Å²) >= 11 is 0. The molecule has 0 aliphatic carbocycles. The van der Waals surface area contributed by atoms with Crippen molar-refractivity contribution < 1.29 is 14.3 Å². The van der Waals surface area contributed by atoms with E-state index in [0.29, 0.717) is 12.5 Å². The van der Waals surface area contributed by atoms with Crippen LogP contribution >= 0.6 is 0 Å². The number of ether oxygens (including phenoxy) is 2. The van der Waals surface area contributed by atoms with Gasteiger partial charge in [0.05, 0.1) is 19.4 Å². The van der Waals surface area contributed by atoms with Crippen LogP contribution in [0.5, 0.6) is 5.75 Å². The largest absolute Gasteiger partial charge is 0.495 e. The van der Waals surface area contributed by atoms with Gasteiger partial charge in [-0.15, -0.1) is 0 Å². The molecule has 0 unspecified atom stereocenters. The number of benzene rings is 1. The van der Waals surface area contributed by atoms with Crippen molar-refractivity contribution in [2.24, 2.45) is 0 Å². The standard InChI is InChI=1S/C14H21NO3/c1-5-18-14(16)9-15-12-7-6-11(10(2)3)8-13(12)17-4/h6-8,10,15H,5,9H2,1-4H3. The molecule has 0 saturated heterocycles. The molecular weight excluding hydrogens is 230 g/mol. The highest BCUT2D eigenvalue weighted by Crippen LogP contribution is 2.28. The summed E-state index contributed by atoms with van der Waals surface area (Å²) in [5.74, 6) is 0.913. The second kappa shape index (κ2) is 6.89. The van der Waals surface area contributed by atoms with Crippen LogP contribution in [-0.2, 0) is 9.53 Å². The summed E-state index contributed by atoms with van der Waals surface area (Å²) in [6.45, 7) is 6.58. The second-order valence-corrected chi connectivity index (χ2v) is 4.27. The van der Waals surface area contributed by atoms with E-state index in [9.17, 15) is 4.79 Å². The highest BCUT2D eigenvalue weighted by atomic mass is 16.5. The third-order valence-electron chi connectivity index (χ3n) is 2.62. The zero-order valence-corrected chi connectivity index (χ0v) is 11.4. The van der Waals surface area contributed by atoms with Crippen LogP contribution in [-0.4, -0.2) is 26.2 Å². The second-order valence-electron chi connectivity index (χ2n) is 4.27. The third kappa shape index (κ3) is 3.95. The van der Waals surface area contributed by atoms with Crippen LogP contribution in [0, 0.1) is 0 Å². The van der Waals surface area contributed by atoms with Gasteiger partial charge in [-0.05, 0) is 30.5 Å². The van der Waals surface area contributed by atoms with Crippen LogP contribution in [0.1, 0.15) is 32.3 Å².